The number of carbonyl (C=O) groups excluding carboxylic acids is 3. The topological polar surface area (TPSA) is 77.5 Å². The van der Waals surface area contributed by atoms with Crippen molar-refractivity contribution in [3.63, 3.8) is 0 Å². The summed E-state index contributed by atoms with van der Waals surface area (Å²) in [7, 11) is 0. The van der Waals surface area contributed by atoms with Gasteiger partial charge in [-0.15, -0.1) is 0 Å². The Labute approximate surface area is 163 Å². The number of hydrogen-bond donors (Lipinski definition) is 0. The van der Waals surface area contributed by atoms with E-state index in [1.807, 2.05) is 48.5 Å². The Morgan fingerprint density at radius 1 is 0.821 bits per heavy atom. The highest BCUT2D eigenvalue weighted by molar-refractivity contribution is 6.09. The van der Waals surface area contributed by atoms with Crippen LogP contribution < -0.4 is 5.11 Å². The number of imide groups is 1. The first kappa shape index (κ1) is 17.2. The van der Waals surface area contributed by atoms with Gasteiger partial charge in [-0.05, 0) is 28.2 Å². The molecule has 2 bridgehead atoms. The van der Waals surface area contributed by atoms with Crippen LogP contribution in [0, 0.1) is 17.8 Å². The van der Waals surface area contributed by atoms with Crippen LogP contribution in [0.25, 0.3) is 0 Å². The molecule has 5 heteroatoms. The van der Waals surface area contributed by atoms with Gasteiger partial charge in [0.25, 0.3) is 0 Å². The Kier molecular flexibility index (Phi) is 3.54. The van der Waals surface area contributed by atoms with Crippen LogP contribution in [0.1, 0.15) is 47.9 Å². The van der Waals surface area contributed by atoms with Crippen LogP contribution in [0.15, 0.2) is 48.5 Å². The van der Waals surface area contributed by atoms with Crippen molar-refractivity contribution in [2.75, 3.05) is 0 Å². The second kappa shape index (κ2) is 5.77. The van der Waals surface area contributed by atoms with Gasteiger partial charge in [0.2, 0.25) is 11.8 Å². The maximum atomic E-state index is 13.4. The lowest BCUT2D eigenvalue weighted by molar-refractivity contribution is -0.312. The average Bonchev–Trinajstić information content (AvgIpc) is 2.93. The van der Waals surface area contributed by atoms with Gasteiger partial charge >= 0.3 is 0 Å². The summed E-state index contributed by atoms with van der Waals surface area (Å²) in [5, 5.41) is 11.8. The summed E-state index contributed by atoms with van der Waals surface area (Å²) in [4.78, 5) is 39.6. The van der Waals surface area contributed by atoms with Gasteiger partial charge in [-0.1, -0.05) is 62.4 Å². The van der Waals surface area contributed by atoms with Crippen molar-refractivity contribution in [2.24, 2.45) is 17.8 Å². The predicted molar refractivity (Wildman–Crippen MR) is 99.0 cm³/mol. The van der Waals surface area contributed by atoms with Crippen molar-refractivity contribution >= 4 is 17.8 Å². The van der Waals surface area contributed by atoms with Crippen molar-refractivity contribution in [2.45, 2.75) is 31.7 Å². The molecule has 1 saturated heterocycles. The van der Waals surface area contributed by atoms with Gasteiger partial charge < -0.3 is 9.90 Å². The van der Waals surface area contributed by atoms with Gasteiger partial charge in [-0.25, -0.2) is 0 Å². The Balaban J connectivity index is 1.72. The molecule has 3 atom stereocenters. The smallest absolute Gasteiger partial charge is 0.234 e. The third kappa shape index (κ3) is 1.99. The molecule has 0 N–H and O–H groups in total. The molecule has 1 heterocycles. The van der Waals surface area contributed by atoms with E-state index in [0.29, 0.717) is 0 Å². The predicted octanol–water partition coefficient (Wildman–Crippen LogP) is 1.65. The van der Waals surface area contributed by atoms with E-state index < -0.39 is 29.8 Å². The number of amides is 2. The molecule has 2 aromatic rings. The number of hydrogen-bond acceptors (Lipinski definition) is 4. The van der Waals surface area contributed by atoms with Gasteiger partial charge in [0, 0.05) is 11.8 Å². The van der Waals surface area contributed by atoms with Crippen LogP contribution in [0.5, 0.6) is 0 Å². The maximum absolute atomic E-state index is 13.4. The van der Waals surface area contributed by atoms with Crippen molar-refractivity contribution in [1.29, 1.82) is 0 Å². The lowest BCUT2D eigenvalue weighted by atomic mass is 9.55. The number of nitrogens with zero attached hydrogens (tertiary/aromatic N) is 1. The molecule has 2 amide bonds. The van der Waals surface area contributed by atoms with Gasteiger partial charge in [0.15, 0.2) is 0 Å². The normalized spacial score (nSPS) is 28.2. The minimum absolute atomic E-state index is 0.224. The minimum Gasteiger partial charge on any atom is -0.548 e. The first-order valence-electron chi connectivity index (χ1n) is 9.69. The fraction of sp³-hybridized carbons (Fsp3) is 0.348. The number of likely N-dealkylation sites (tertiary alicyclic amines) is 1. The zero-order valence-electron chi connectivity index (χ0n) is 15.7. The summed E-state index contributed by atoms with van der Waals surface area (Å²) in [6, 6.07) is 14.7. The average molecular weight is 374 g/mol. The molecule has 0 spiro atoms. The van der Waals surface area contributed by atoms with E-state index in [-0.39, 0.29) is 23.7 Å². The molecule has 3 aliphatic carbocycles. The van der Waals surface area contributed by atoms with Gasteiger partial charge in [-0.3, -0.25) is 14.5 Å². The van der Waals surface area contributed by atoms with E-state index in [2.05, 4.69) is 0 Å². The summed E-state index contributed by atoms with van der Waals surface area (Å²) in [5.41, 5.74) is 4.30. The molecule has 1 fully saturated rings. The highest BCUT2D eigenvalue weighted by atomic mass is 16.4. The SMILES string of the molecule is CC(C)[C@H](C(=O)[O-])N1C(=O)[C@@H]2C3c4ccccc4C(c4ccccc43)[C@@H]2C1=O. The zero-order valence-corrected chi connectivity index (χ0v) is 15.7. The van der Waals surface area contributed by atoms with E-state index in [0.717, 1.165) is 27.2 Å². The molecule has 0 saturated carbocycles. The van der Waals surface area contributed by atoms with E-state index in [4.69, 9.17) is 0 Å². The monoisotopic (exact) mass is 374 g/mol. The third-order valence-electron chi connectivity index (χ3n) is 6.63. The third-order valence-corrected chi connectivity index (χ3v) is 6.63. The molecular formula is C23H20NO4-. The largest absolute Gasteiger partial charge is 0.548 e. The summed E-state index contributed by atoms with van der Waals surface area (Å²) in [5.74, 6) is -4.10. The van der Waals surface area contributed by atoms with Crippen LogP contribution in [-0.2, 0) is 14.4 Å². The van der Waals surface area contributed by atoms with Crippen molar-refractivity contribution < 1.29 is 19.5 Å². The van der Waals surface area contributed by atoms with Crippen LogP contribution in [0.2, 0.25) is 0 Å². The molecule has 6 rings (SSSR count). The van der Waals surface area contributed by atoms with Crippen molar-refractivity contribution in [3.8, 4) is 0 Å². The first-order chi connectivity index (χ1) is 13.4. The number of rotatable bonds is 3. The van der Waals surface area contributed by atoms with E-state index in [1.54, 1.807) is 13.8 Å². The highest BCUT2D eigenvalue weighted by Gasteiger charge is 2.62. The van der Waals surface area contributed by atoms with Gasteiger partial charge in [0.1, 0.15) is 0 Å². The molecule has 0 unspecified atom stereocenters. The fourth-order valence-corrected chi connectivity index (χ4v) is 5.65. The first-order valence-corrected chi connectivity index (χ1v) is 9.69. The molecule has 0 aromatic heterocycles. The number of benzene rings is 2. The van der Waals surface area contributed by atoms with E-state index in [9.17, 15) is 19.5 Å². The fourth-order valence-electron chi connectivity index (χ4n) is 5.65. The Morgan fingerprint density at radius 3 is 1.46 bits per heavy atom. The Hall–Kier alpha value is -2.95. The van der Waals surface area contributed by atoms with Crippen LogP contribution >= 0.6 is 0 Å². The Bertz CT molecular complexity index is 911. The summed E-state index contributed by atoms with van der Waals surface area (Å²) >= 11 is 0. The zero-order chi connectivity index (χ0) is 19.7. The molecule has 28 heavy (non-hydrogen) atoms. The summed E-state index contributed by atoms with van der Waals surface area (Å²) in [6.07, 6.45) is 0. The molecular weight excluding hydrogens is 354 g/mol. The van der Waals surface area contributed by atoms with Crippen LogP contribution in [0.4, 0.5) is 0 Å². The number of aliphatic carboxylic acids is 1. The number of carboxylic acids is 1. The van der Waals surface area contributed by atoms with Crippen molar-refractivity contribution in [1.82, 2.24) is 4.90 Å². The number of carbonyl (C=O) groups is 3. The quantitative estimate of drug-likeness (QED) is 0.766. The van der Waals surface area contributed by atoms with Gasteiger partial charge in [-0.2, -0.15) is 0 Å². The lowest BCUT2D eigenvalue weighted by Crippen LogP contribution is -2.53. The molecule has 142 valence electrons. The second-order valence-corrected chi connectivity index (χ2v) is 8.32. The standard InChI is InChI=1S/C23H21NO4/c1-11(2)20(23(27)28)24-21(25)18-16-12-7-3-4-8-13(12)17(19(18)22(24)26)15-10-6-5-9-14(15)16/h3-11,16-20H,1-2H3,(H,27,28)/p-1/t16?,17?,18-,19+,20-/m1/s1. The maximum Gasteiger partial charge on any atom is 0.234 e. The molecule has 2 aromatic carbocycles. The molecule has 4 aliphatic rings. The second-order valence-electron chi connectivity index (χ2n) is 8.32. The van der Waals surface area contributed by atoms with Crippen LogP contribution in [-0.4, -0.2) is 28.7 Å². The highest BCUT2D eigenvalue weighted by Crippen LogP contribution is 2.61. The minimum atomic E-state index is -1.38. The Morgan fingerprint density at radius 2 is 1.18 bits per heavy atom. The van der Waals surface area contributed by atoms with E-state index in [1.165, 1.54) is 0 Å². The van der Waals surface area contributed by atoms with Crippen LogP contribution in [0.3, 0.4) is 0 Å². The summed E-state index contributed by atoms with van der Waals surface area (Å²) in [6.45, 7) is 3.39. The molecule has 1 aliphatic heterocycles. The number of carboxylic acid groups (broad SMARTS) is 1. The lowest BCUT2D eigenvalue weighted by Gasteiger charge is -2.45. The summed E-state index contributed by atoms with van der Waals surface area (Å²) < 4.78 is 0. The molecule has 0 radical (unpaired) electrons. The van der Waals surface area contributed by atoms with Gasteiger partial charge in [0.05, 0.1) is 23.8 Å². The molecule has 5 nitrogen and oxygen atoms in total. The van der Waals surface area contributed by atoms with Crippen molar-refractivity contribution in [3.05, 3.63) is 70.8 Å². The van der Waals surface area contributed by atoms with E-state index >= 15 is 0 Å².